The molecule has 0 N–H and O–H groups in total. The van der Waals surface area contributed by atoms with Crippen LogP contribution in [0.2, 0.25) is 0 Å². The molecule has 0 saturated carbocycles. The zero-order chi connectivity index (χ0) is 11.7. The number of thiophene rings is 1. The third-order valence-electron chi connectivity index (χ3n) is 2.23. The Bertz CT molecular complexity index is 525. The van der Waals surface area contributed by atoms with Crippen LogP contribution in [0, 0.1) is 6.92 Å². The van der Waals surface area contributed by atoms with Crippen LogP contribution in [0.5, 0.6) is 0 Å². The number of benzene rings is 1. The number of carbonyl (C=O) groups is 1. The smallest absolute Gasteiger partial charge is 0.194 e. The van der Waals surface area contributed by atoms with Crippen LogP contribution in [0.4, 0.5) is 0 Å². The standard InChI is InChI=1S/C12H8Br2OS/c1-7-11(2-3-16-7)12(15)8-4-9(13)6-10(14)5-8/h2-6H,1H3. The highest BCUT2D eigenvalue weighted by Gasteiger charge is 2.13. The third kappa shape index (κ3) is 2.44. The molecule has 1 aromatic heterocycles. The second kappa shape index (κ2) is 4.82. The normalized spacial score (nSPS) is 10.4. The molecule has 0 radical (unpaired) electrons. The second-order valence-corrected chi connectivity index (χ2v) is 6.33. The predicted octanol–water partition coefficient (Wildman–Crippen LogP) is 4.81. The van der Waals surface area contributed by atoms with Crippen LogP contribution in [-0.4, -0.2) is 5.78 Å². The minimum Gasteiger partial charge on any atom is -0.289 e. The Balaban J connectivity index is 2.45. The van der Waals surface area contributed by atoms with Gasteiger partial charge in [-0.3, -0.25) is 4.79 Å². The zero-order valence-corrected chi connectivity index (χ0v) is 12.4. The van der Waals surface area contributed by atoms with Crippen molar-refractivity contribution in [3.8, 4) is 0 Å². The molecule has 0 aliphatic carbocycles. The number of hydrogen-bond acceptors (Lipinski definition) is 2. The van der Waals surface area contributed by atoms with Gasteiger partial charge in [-0.15, -0.1) is 11.3 Å². The van der Waals surface area contributed by atoms with Gasteiger partial charge >= 0.3 is 0 Å². The van der Waals surface area contributed by atoms with Crippen molar-refractivity contribution in [2.45, 2.75) is 6.92 Å². The molecule has 1 aromatic carbocycles. The molecule has 1 nitrogen and oxygen atoms in total. The first-order valence-electron chi connectivity index (χ1n) is 4.63. The van der Waals surface area contributed by atoms with Gasteiger partial charge in [0.15, 0.2) is 5.78 Å². The molecule has 0 aliphatic rings. The van der Waals surface area contributed by atoms with E-state index in [2.05, 4.69) is 31.9 Å². The van der Waals surface area contributed by atoms with Gasteiger partial charge in [0.2, 0.25) is 0 Å². The molecule has 0 bridgehead atoms. The Morgan fingerprint density at radius 3 is 2.31 bits per heavy atom. The van der Waals surface area contributed by atoms with Crippen molar-refractivity contribution in [3.63, 3.8) is 0 Å². The minimum atomic E-state index is 0.0701. The lowest BCUT2D eigenvalue weighted by Crippen LogP contribution is -2.01. The Morgan fingerprint density at radius 2 is 1.81 bits per heavy atom. The number of carbonyl (C=O) groups excluding carboxylic acids is 1. The van der Waals surface area contributed by atoms with Crippen molar-refractivity contribution >= 4 is 49.0 Å². The summed E-state index contributed by atoms with van der Waals surface area (Å²) in [6.45, 7) is 1.96. The van der Waals surface area contributed by atoms with Gasteiger partial charge in [-0.25, -0.2) is 0 Å². The van der Waals surface area contributed by atoms with Crippen molar-refractivity contribution < 1.29 is 4.79 Å². The number of rotatable bonds is 2. The summed E-state index contributed by atoms with van der Waals surface area (Å²) in [4.78, 5) is 13.3. The SMILES string of the molecule is Cc1sccc1C(=O)c1cc(Br)cc(Br)c1. The molecular weight excluding hydrogens is 352 g/mol. The maximum absolute atomic E-state index is 12.2. The van der Waals surface area contributed by atoms with Gasteiger partial charge < -0.3 is 0 Å². The summed E-state index contributed by atoms with van der Waals surface area (Å²) in [5, 5.41) is 1.94. The maximum Gasteiger partial charge on any atom is 0.194 e. The van der Waals surface area contributed by atoms with Crippen molar-refractivity contribution in [1.29, 1.82) is 0 Å². The summed E-state index contributed by atoms with van der Waals surface area (Å²) >= 11 is 8.36. The molecule has 4 heteroatoms. The molecule has 0 saturated heterocycles. The average molecular weight is 360 g/mol. The van der Waals surface area contributed by atoms with E-state index in [0.29, 0.717) is 5.56 Å². The van der Waals surface area contributed by atoms with E-state index in [-0.39, 0.29) is 5.78 Å². The molecule has 0 amide bonds. The lowest BCUT2D eigenvalue weighted by atomic mass is 10.0. The lowest BCUT2D eigenvalue weighted by molar-refractivity contribution is 0.103. The Labute approximate surface area is 115 Å². The molecular formula is C12H8Br2OS. The predicted molar refractivity (Wildman–Crippen MR) is 74.3 cm³/mol. The largest absolute Gasteiger partial charge is 0.289 e. The molecule has 0 atom stereocenters. The number of halogens is 2. The van der Waals surface area contributed by atoms with Crippen molar-refractivity contribution in [3.05, 3.63) is 54.6 Å². The van der Waals surface area contributed by atoms with Crippen LogP contribution >= 0.6 is 43.2 Å². The topological polar surface area (TPSA) is 17.1 Å². The fourth-order valence-corrected chi connectivity index (χ4v) is 3.45. The van der Waals surface area contributed by atoms with E-state index in [4.69, 9.17) is 0 Å². The summed E-state index contributed by atoms with van der Waals surface area (Å²) in [6.07, 6.45) is 0. The average Bonchev–Trinajstić information content (AvgIpc) is 2.62. The lowest BCUT2D eigenvalue weighted by Gasteiger charge is -2.02. The number of aryl methyl sites for hydroxylation is 1. The molecule has 16 heavy (non-hydrogen) atoms. The first kappa shape index (κ1) is 12.0. The fraction of sp³-hybridized carbons (Fsp3) is 0.0833. The van der Waals surface area contributed by atoms with E-state index < -0.39 is 0 Å². The Morgan fingerprint density at radius 1 is 1.19 bits per heavy atom. The van der Waals surface area contributed by atoms with Crippen molar-refractivity contribution in [2.75, 3.05) is 0 Å². The molecule has 2 rings (SSSR count). The Kier molecular flexibility index (Phi) is 3.62. The van der Waals surface area contributed by atoms with Crippen LogP contribution in [-0.2, 0) is 0 Å². The summed E-state index contributed by atoms with van der Waals surface area (Å²) in [7, 11) is 0. The first-order chi connectivity index (χ1) is 7.58. The molecule has 1 heterocycles. The monoisotopic (exact) mass is 358 g/mol. The van der Waals surface area contributed by atoms with Gasteiger partial charge in [0, 0.05) is 24.9 Å². The zero-order valence-electron chi connectivity index (χ0n) is 8.46. The molecule has 0 aliphatic heterocycles. The van der Waals surface area contributed by atoms with Crippen molar-refractivity contribution in [1.82, 2.24) is 0 Å². The molecule has 2 aromatic rings. The highest BCUT2D eigenvalue weighted by Crippen LogP contribution is 2.24. The van der Waals surface area contributed by atoms with Crippen molar-refractivity contribution in [2.24, 2.45) is 0 Å². The van der Waals surface area contributed by atoms with Gasteiger partial charge in [0.1, 0.15) is 0 Å². The van der Waals surface area contributed by atoms with E-state index >= 15 is 0 Å². The Hall–Kier alpha value is -0.450. The summed E-state index contributed by atoms with van der Waals surface area (Å²) in [5.74, 6) is 0.0701. The summed E-state index contributed by atoms with van der Waals surface area (Å²) < 4.78 is 1.80. The first-order valence-corrected chi connectivity index (χ1v) is 7.09. The fourth-order valence-electron chi connectivity index (χ4n) is 1.46. The molecule has 0 spiro atoms. The third-order valence-corrected chi connectivity index (χ3v) is 3.99. The van der Waals surface area contributed by atoms with Gasteiger partial charge in [-0.1, -0.05) is 31.9 Å². The summed E-state index contributed by atoms with van der Waals surface area (Å²) in [5.41, 5.74) is 1.48. The van der Waals surface area contributed by atoms with E-state index in [1.165, 1.54) is 0 Å². The van der Waals surface area contributed by atoms with Crippen LogP contribution in [0.25, 0.3) is 0 Å². The quantitative estimate of drug-likeness (QED) is 0.703. The van der Waals surface area contributed by atoms with Gasteiger partial charge in [0.05, 0.1) is 0 Å². The maximum atomic E-state index is 12.2. The van der Waals surface area contributed by atoms with Gasteiger partial charge in [0.25, 0.3) is 0 Å². The van der Waals surface area contributed by atoms with Crippen LogP contribution in [0.15, 0.2) is 38.6 Å². The molecule has 0 unspecified atom stereocenters. The van der Waals surface area contributed by atoms with E-state index in [0.717, 1.165) is 19.4 Å². The van der Waals surface area contributed by atoms with Crippen LogP contribution in [0.1, 0.15) is 20.8 Å². The van der Waals surface area contributed by atoms with Gasteiger partial charge in [-0.05, 0) is 36.6 Å². The van der Waals surface area contributed by atoms with E-state index in [1.807, 2.05) is 36.6 Å². The highest BCUT2D eigenvalue weighted by molar-refractivity contribution is 9.11. The van der Waals surface area contributed by atoms with E-state index in [1.54, 1.807) is 11.3 Å². The minimum absolute atomic E-state index is 0.0701. The number of hydrogen-bond donors (Lipinski definition) is 0. The van der Waals surface area contributed by atoms with E-state index in [9.17, 15) is 4.79 Å². The van der Waals surface area contributed by atoms with Crippen LogP contribution < -0.4 is 0 Å². The molecule has 82 valence electrons. The summed E-state index contributed by atoms with van der Waals surface area (Å²) in [6, 6.07) is 7.46. The second-order valence-electron chi connectivity index (χ2n) is 3.38. The van der Waals surface area contributed by atoms with Crippen LogP contribution in [0.3, 0.4) is 0 Å². The molecule has 0 fully saturated rings. The van der Waals surface area contributed by atoms with Gasteiger partial charge in [-0.2, -0.15) is 0 Å². The number of ketones is 1. The highest BCUT2D eigenvalue weighted by atomic mass is 79.9.